The molecule has 0 bridgehead atoms. The van der Waals surface area contributed by atoms with Crippen molar-refractivity contribution in [3.63, 3.8) is 0 Å². The Bertz CT molecular complexity index is 622. The summed E-state index contributed by atoms with van der Waals surface area (Å²) in [4.78, 5) is 7.15. The minimum atomic E-state index is 1.05. The number of hydrogen-bond acceptors (Lipinski definition) is 1. The van der Waals surface area contributed by atoms with Gasteiger partial charge in [0, 0.05) is 30.1 Å². The maximum atomic E-state index is 4.02. The molecule has 3 aromatic rings. The van der Waals surface area contributed by atoms with Crippen LogP contribution in [0.2, 0.25) is 0 Å². The molecule has 0 atom stereocenters. The van der Waals surface area contributed by atoms with Gasteiger partial charge in [-0.05, 0) is 43.2 Å². The average Bonchev–Trinajstić information content (AvgIpc) is 3.08. The molecular weight excluding hydrogens is 234 g/mol. The second kappa shape index (κ2) is 5.74. The van der Waals surface area contributed by atoms with E-state index in [2.05, 4.69) is 57.5 Å². The van der Waals surface area contributed by atoms with Gasteiger partial charge >= 0.3 is 0 Å². The zero-order valence-corrected chi connectivity index (χ0v) is 10.9. The van der Waals surface area contributed by atoms with E-state index >= 15 is 0 Å². The fraction of sp³-hybridized carbons (Fsp3) is 0.250. The fourth-order valence-corrected chi connectivity index (χ4v) is 2.39. The molecule has 19 heavy (non-hydrogen) atoms. The van der Waals surface area contributed by atoms with Crippen LogP contribution in [-0.2, 0) is 13.0 Å². The Morgan fingerprint density at radius 3 is 3.00 bits per heavy atom. The summed E-state index contributed by atoms with van der Waals surface area (Å²) in [5, 5.41) is 1.32. The zero-order chi connectivity index (χ0) is 12.9. The van der Waals surface area contributed by atoms with Crippen molar-refractivity contribution in [3.8, 4) is 0 Å². The largest absolute Gasteiger partial charge is 0.348 e. The van der Waals surface area contributed by atoms with Crippen LogP contribution < -0.4 is 0 Å². The van der Waals surface area contributed by atoms with E-state index in [1.165, 1.54) is 16.6 Å². The predicted molar refractivity (Wildman–Crippen MR) is 77.8 cm³/mol. The molecule has 1 aromatic carbocycles. The number of rotatable bonds is 6. The third-order valence-electron chi connectivity index (χ3n) is 3.43. The molecule has 0 saturated carbocycles. The van der Waals surface area contributed by atoms with E-state index in [9.17, 15) is 0 Å². The number of aromatic amines is 1. The first-order chi connectivity index (χ1) is 9.43. The van der Waals surface area contributed by atoms with E-state index < -0.39 is 0 Å². The highest BCUT2D eigenvalue weighted by atomic mass is 14.9. The molecule has 1 N–H and O–H groups in total. The van der Waals surface area contributed by atoms with Gasteiger partial charge in [-0.1, -0.05) is 18.2 Å². The van der Waals surface area contributed by atoms with Gasteiger partial charge in [0.25, 0.3) is 0 Å². The lowest BCUT2D eigenvalue weighted by molar-refractivity contribution is 0.688. The normalized spacial score (nSPS) is 11.2. The molecule has 0 amide bonds. The minimum absolute atomic E-state index is 1.05. The van der Waals surface area contributed by atoms with Crippen LogP contribution in [0, 0.1) is 6.42 Å². The number of H-pyrrole nitrogens is 1. The lowest BCUT2D eigenvalue weighted by Gasteiger charge is -2.05. The second-order valence-corrected chi connectivity index (χ2v) is 4.76. The van der Waals surface area contributed by atoms with Gasteiger partial charge in [-0.3, -0.25) is 0 Å². The number of fused-ring (bicyclic) bond motifs is 1. The molecular formula is C16H18N3. The Hall–Kier alpha value is -2.03. The summed E-state index contributed by atoms with van der Waals surface area (Å²) in [6.45, 7) is 1.05. The number of nitrogens with one attached hydrogen (secondary N) is 1. The molecule has 3 heteroatoms. The van der Waals surface area contributed by atoms with E-state index in [1.807, 2.05) is 6.20 Å². The molecule has 3 rings (SSSR count). The maximum absolute atomic E-state index is 4.02. The number of imidazole rings is 1. The van der Waals surface area contributed by atoms with Crippen LogP contribution in [0.4, 0.5) is 0 Å². The highest BCUT2D eigenvalue weighted by molar-refractivity contribution is 5.79. The van der Waals surface area contributed by atoms with Crippen LogP contribution in [-0.4, -0.2) is 14.5 Å². The summed E-state index contributed by atoms with van der Waals surface area (Å²) in [6, 6.07) is 10.7. The molecule has 97 valence electrons. The van der Waals surface area contributed by atoms with Crippen LogP contribution in [0.15, 0.2) is 49.1 Å². The fourth-order valence-electron chi connectivity index (χ4n) is 2.39. The summed E-state index contributed by atoms with van der Waals surface area (Å²) in [5.41, 5.74) is 2.53. The molecule has 0 saturated heterocycles. The lowest BCUT2D eigenvalue weighted by Crippen LogP contribution is -1.97. The van der Waals surface area contributed by atoms with Gasteiger partial charge in [-0.2, -0.15) is 0 Å². The highest BCUT2D eigenvalue weighted by Crippen LogP contribution is 2.16. The number of benzene rings is 1. The third-order valence-corrected chi connectivity index (χ3v) is 3.43. The van der Waals surface area contributed by atoms with Crippen LogP contribution in [0.3, 0.4) is 0 Å². The monoisotopic (exact) mass is 252 g/mol. The topological polar surface area (TPSA) is 33.6 Å². The molecule has 0 unspecified atom stereocenters. The maximum Gasteiger partial charge on any atom is 0.0921 e. The van der Waals surface area contributed by atoms with Crippen molar-refractivity contribution in [1.82, 2.24) is 14.5 Å². The van der Waals surface area contributed by atoms with Crippen molar-refractivity contribution < 1.29 is 0 Å². The van der Waals surface area contributed by atoms with E-state index in [-0.39, 0.29) is 0 Å². The summed E-state index contributed by atoms with van der Waals surface area (Å²) in [6.07, 6.45) is 11.4. The average molecular weight is 252 g/mol. The SMILES string of the molecule is [CH](CCc1cnc[nH]1)CCn1ccc2ccccc21. The Morgan fingerprint density at radius 1 is 1.16 bits per heavy atom. The quantitative estimate of drug-likeness (QED) is 0.668. The first-order valence-corrected chi connectivity index (χ1v) is 6.76. The predicted octanol–water partition coefficient (Wildman–Crippen LogP) is 3.59. The molecule has 3 nitrogen and oxygen atoms in total. The highest BCUT2D eigenvalue weighted by Gasteiger charge is 2.00. The van der Waals surface area contributed by atoms with Crippen LogP contribution in [0.1, 0.15) is 18.5 Å². The van der Waals surface area contributed by atoms with Gasteiger partial charge in [0.05, 0.1) is 6.33 Å². The Labute approximate surface area is 113 Å². The van der Waals surface area contributed by atoms with Crippen molar-refractivity contribution in [2.75, 3.05) is 0 Å². The first-order valence-electron chi connectivity index (χ1n) is 6.76. The van der Waals surface area contributed by atoms with Crippen LogP contribution >= 0.6 is 0 Å². The molecule has 0 aliphatic heterocycles. The van der Waals surface area contributed by atoms with Gasteiger partial charge < -0.3 is 9.55 Å². The number of unbranched alkanes of at least 4 members (excludes halogenated alkanes) is 2. The van der Waals surface area contributed by atoms with Crippen LogP contribution in [0.25, 0.3) is 10.9 Å². The molecule has 1 radical (unpaired) electrons. The summed E-state index contributed by atoms with van der Waals surface area (Å²) in [7, 11) is 0. The lowest BCUT2D eigenvalue weighted by atomic mass is 10.1. The van der Waals surface area contributed by atoms with Gasteiger partial charge in [0.15, 0.2) is 0 Å². The summed E-state index contributed by atoms with van der Waals surface area (Å²) >= 11 is 0. The third kappa shape index (κ3) is 2.87. The van der Waals surface area contributed by atoms with Gasteiger partial charge in [0.1, 0.15) is 0 Å². The number of aryl methyl sites for hydroxylation is 2. The van der Waals surface area contributed by atoms with E-state index in [1.54, 1.807) is 6.33 Å². The smallest absolute Gasteiger partial charge is 0.0921 e. The minimum Gasteiger partial charge on any atom is -0.348 e. The molecule has 0 aliphatic carbocycles. The molecule has 2 heterocycles. The number of aromatic nitrogens is 3. The Balaban J connectivity index is 1.47. The molecule has 2 aromatic heterocycles. The van der Waals surface area contributed by atoms with E-state index in [0.717, 1.165) is 25.8 Å². The van der Waals surface area contributed by atoms with Crippen molar-refractivity contribution in [1.29, 1.82) is 0 Å². The molecule has 0 aliphatic rings. The summed E-state index contributed by atoms with van der Waals surface area (Å²) < 4.78 is 2.32. The Kier molecular flexibility index (Phi) is 3.63. The van der Waals surface area contributed by atoms with E-state index in [4.69, 9.17) is 0 Å². The second-order valence-electron chi connectivity index (χ2n) is 4.76. The number of para-hydroxylation sites is 1. The van der Waals surface area contributed by atoms with Crippen LogP contribution in [0.5, 0.6) is 0 Å². The van der Waals surface area contributed by atoms with Crippen molar-refractivity contribution in [2.24, 2.45) is 0 Å². The number of hydrogen-bond donors (Lipinski definition) is 1. The van der Waals surface area contributed by atoms with Gasteiger partial charge in [-0.25, -0.2) is 4.98 Å². The first kappa shape index (κ1) is 12.0. The zero-order valence-electron chi connectivity index (χ0n) is 10.9. The van der Waals surface area contributed by atoms with Crippen molar-refractivity contribution >= 4 is 10.9 Å². The number of nitrogens with zero attached hydrogens (tertiary/aromatic N) is 2. The van der Waals surface area contributed by atoms with Crippen molar-refractivity contribution in [3.05, 3.63) is 61.2 Å². The standard InChI is InChI=1S/C16H18N3/c1(2-7-15-12-17-13-18-15)5-10-19-11-9-14-6-3-4-8-16(14)19/h1,3-4,6,8-9,11-13H,2,5,7,10H2,(H,17,18). The Morgan fingerprint density at radius 2 is 2.11 bits per heavy atom. The van der Waals surface area contributed by atoms with E-state index in [0.29, 0.717) is 0 Å². The van der Waals surface area contributed by atoms with Crippen molar-refractivity contribution in [2.45, 2.75) is 25.8 Å². The molecule has 0 spiro atoms. The summed E-state index contributed by atoms with van der Waals surface area (Å²) in [5.74, 6) is 0. The van der Waals surface area contributed by atoms with Gasteiger partial charge in [-0.15, -0.1) is 0 Å². The molecule has 0 fully saturated rings. The van der Waals surface area contributed by atoms with Gasteiger partial charge in [0.2, 0.25) is 0 Å².